The van der Waals surface area contributed by atoms with E-state index in [0.29, 0.717) is 22.5 Å². The van der Waals surface area contributed by atoms with Gasteiger partial charge in [0.05, 0.1) is 0 Å². The highest BCUT2D eigenvalue weighted by atomic mass is 16.1. The van der Waals surface area contributed by atoms with Crippen LogP contribution in [0.1, 0.15) is 85.5 Å². The first-order chi connectivity index (χ1) is 11.0. The maximum absolute atomic E-state index is 12.1. The molecule has 6 unspecified atom stereocenters. The zero-order chi connectivity index (χ0) is 16.7. The van der Waals surface area contributed by atoms with Crippen LogP contribution in [0.2, 0.25) is 0 Å². The molecule has 0 aromatic rings. The molecule has 0 spiro atoms. The number of Topliss-reactive ketones (excluding diaryl/α,β-unsaturated/α-hetero) is 1. The van der Waals surface area contributed by atoms with Crippen molar-refractivity contribution >= 4 is 5.78 Å². The molecule has 130 valence electrons. The molecular weight excluding hydrogens is 280 g/mol. The molecule has 0 heterocycles. The van der Waals surface area contributed by atoms with Gasteiger partial charge >= 0.3 is 0 Å². The largest absolute Gasteiger partial charge is 0.300 e. The Hall–Kier alpha value is -0.590. The number of carbonyl (C=O) groups excluding carboxylic acids is 1. The average Bonchev–Trinajstić information content (AvgIpc) is 2.86. The summed E-state index contributed by atoms with van der Waals surface area (Å²) in [4.78, 5) is 12.1. The first-order valence-corrected chi connectivity index (χ1v) is 10.2. The maximum Gasteiger partial charge on any atom is 0.133 e. The lowest BCUT2D eigenvalue weighted by Gasteiger charge is -2.58. The predicted molar refractivity (Wildman–Crippen MR) is 97.2 cm³/mol. The normalized spacial score (nSPS) is 48.4. The van der Waals surface area contributed by atoms with E-state index in [1.807, 2.05) is 13.8 Å². The summed E-state index contributed by atoms with van der Waals surface area (Å²) in [5, 5.41) is 0. The Morgan fingerprint density at radius 3 is 2.61 bits per heavy atom. The first kappa shape index (κ1) is 17.2. The first-order valence-electron chi connectivity index (χ1n) is 10.2. The van der Waals surface area contributed by atoms with E-state index in [0.717, 1.165) is 37.0 Å². The standard InChI is InChI=1S/C20H30O.C2H6/c1-19-10-4-6-17(19)16-8-7-14-13-15(21)5-3-11-20(14,2)18(16)9-12-19;1-2/h4,10,14,16-18H,3,5-9,11-13H2,1-2H3;1-2H3. The molecule has 1 nitrogen and oxygen atoms in total. The fourth-order valence-electron chi connectivity index (χ4n) is 6.79. The Bertz CT molecular complexity index is 478. The number of fused-ring (bicyclic) bond motifs is 5. The minimum absolute atomic E-state index is 0.457. The van der Waals surface area contributed by atoms with Crippen molar-refractivity contribution in [3.8, 4) is 0 Å². The van der Waals surface area contributed by atoms with Gasteiger partial charge in [0.15, 0.2) is 0 Å². The Morgan fingerprint density at radius 1 is 1.04 bits per heavy atom. The Morgan fingerprint density at radius 2 is 1.83 bits per heavy atom. The summed E-state index contributed by atoms with van der Waals surface area (Å²) in [6, 6.07) is 0. The number of carbonyl (C=O) groups is 1. The molecule has 0 aromatic carbocycles. The second-order valence-electron chi connectivity index (χ2n) is 8.94. The van der Waals surface area contributed by atoms with Crippen LogP contribution in [0.3, 0.4) is 0 Å². The van der Waals surface area contributed by atoms with Gasteiger partial charge in [0.25, 0.3) is 0 Å². The van der Waals surface area contributed by atoms with Crippen molar-refractivity contribution in [3.63, 3.8) is 0 Å². The molecule has 3 fully saturated rings. The van der Waals surface area contributed by atoms with Gasteiger partial charge in [-0.25, -0.2) is 0 Å². The highest BCUT2D eigenvalue weighted by Crippen LogP contribution is 2.64. The van der Waals surface area contributed by atoms with Gasteiger partial charge in [-0.15, -0.1) is 0 Å². The summed E-state index contributed by atoms with van der Waals surface area (Å²) < 4.78 is 0. The molecule has 1 heteroatoms. The van der Waals surface area contributed by atoms with Crippen LogP contribution in [0.15, 0.2) is 12.2 Å². The van der Waals surface area contributed by atoms with Gasteiger partial charge in [0.1, 0.15) is 5.78 Å². The van der Waals surface area contributed by atoms with E-state index >= 15 is 0 Å². The predicted octanol–water partition coefficient (Wildman–Crippen LogP) is 6.18. The van der Waals surface area contributed by atoms with E-state index in [4.69, 9.17) is 0 Å². The number of hydrogen-bond acceptors (Lipinski definition) is 1. The molecule has 0 bridgehead atoms. The fraction of sp³-hybridized carbons (Fsp3) is 0.864. The van der Waals surface area contributed by atoms with Gasteiger partial charge in [0, 0.05) is 12.8 Å². The minimum atomic E-state index is 0.457. The van der Waals surface area contributed by atoms with E-state index in [9.17, 15) is 4.79 Å². The fourth-order valence-corrected chi connectivity index (χ4v) is 6.79. The van der Waals surface area contributed by atoms with Crippen LogP contribution in [0.5, 0.6) is 0 Å². The number of rotatable bonds is 0. The van der Waals surface area contributed by atoms with E-state index < -0.39 is 0 Å². The van der Waals surface area contributed by atoms with E-state index in [2.05, 4.69) is 26.0 Å². The molecule has 4 aliphatic rings. The quantitative estimate of drug-likeness (QED) is 0.488. The molecule has 0 aliphatic heterocycles. The molecule has 23 heavy (non-hydrogen) atoms. The lowest BCUT2D eigenvalue weighted by atomic mass is 9.47. The van der Waals surface area contributed by atoms with Crippen molar-refractivity contribution in [2.45, 2.75) is 85.5 Å². The third kappa shape index (κ3) is 2.72. The summed E-state index contributed by atoms with van der Waals surface area (Å²) >= 11 is 0. The number of hydrogen-bond donors (Lipinski definition) is 0. The second-order valence-corrected chi connectivity index (χ2v) is 8.94. The van der Waals surface area contributed by atoms with Crippen molar-refractivity contribution in [1.29, 1.82) is 0 Å². The molecule has 0 N–H and O–H groups in total. The molecule has 0 saturated heterocycles. The molecule has 4 aliphatic carbocycles. The van der Waals surface area contributed by atoms with Crippen molar-refractivity contribution < 1.29 is 4.79 Å². The van der Waals surface area contributed by atoms with E-state index in [-0.39, 0.29) is 0 Å². The third-order valence-corrected chi connectivity index (χ3v) is 8.04. The van der Waals surface area contributed by atoms with Crippen LogP contribution < -0.4 is 0 Å². The zero-order valence-corrected chi connectivity index (χ0v) is 15.7. The number of ketones is 1. The summed E-state index contributed by atoms with van der Waals surface area (Å²) in [6.45, 7) is 9.06. The molecular formula is C22H36O. The summed E-state index contributed by atoms with van der Waals surface area (Å²) in [5.41, 5.74) is 0.948. The van der Waals surface area contributed by atoms with Crippen LogP contribution in [0, 0.1) is 34.5 Å². The van der Waals surface area contributed by atoms with Crippen LogP contribution >= 0.6 is 0 Å². The highest BCUT2D eigenvalue weighted by molar-refractivity contribution is 5.79. The van der Waals surface area contributed by atoms with Crippen LogP contribution in [0.25, 0.3) is 0 Å². The Labute approximate surface area is 143 Å². The lowest BCUT2D eigenvalue weighted by molar-refractivity contribution is -0.123. The van der Waals surface area contributed by atoms with Crippen LogP contribution in [0.4, 0.5) is 0 Å². The second kappa shape index (κ2) is 6.37. The molecule has 6 atom stereocenters. The van der Waals surface area contributed by atoms with Gasteiger partial charge < -0.3 is 0 Å². The molecule has 0 radical (unpaired) electrons. The van der Waals surface area contributed by atoms with Crippen molar-refractivity contribution in [3.05, 3.63) is 12.2 Å². The van der Waals surface area contributed by atoms with Crippen molar-refractivity contribution in [2.24, 2.45) is 34.5 Å². The maximum atomic E-state index is 12.1. The minimum Gasteiger partial charge on any atom is -0.300 e. The molecule has 0 aromatic heterocycles. The summed E-state index contributed by atoms with van der Waals surface area (Å²) in [5.74, 6) is 3.94. The van der Waals surface area contributed by atoms with E-state index in [1.165, 1.54) is 38.5 Å². The zero-order valence-electron chi connectivity index (χ0n) is 15.7. The van der Waals surface area contributed by atoms with Gasteiger partial charge in [-0.2, -0.15) is 0 Å². The van der Waals surface area contributed by atoms with Gasteiger partial charge in [0.2, 0.25) is 0 Å². The van der Waals surface area contributed by atoms with Gasteiger partial charge in [-0.3, -0.25) is 4.79 Å². The Balaban J connectivity index is 0.000000753. The van der Waals surface area contributed by atoms with Crippen molar-refractivity contribution in [2.75, 3.05) is 0 Å². The SMILES string of the molecule is CC.CC12C=CCC1C1CCC3CC(=O)CCCC3(C)C1CC2. The van der Waals surface area contributed by atoms with Crippen LogP contribution in [-0.4, -0.2) is 5.78 Å². The molecule has 0 amide bonds. The van der Waals surface area contributed by atoms with Crippen LogP contribution in [-0.2, 0) is 4.79 Å². The highest BCUT2D eigenvalue weighted by Gasteiger charge is 2.56. The molecule has 3 saturated carbocycles. The van der Waals surface area contributed by atoms with Crippen molar-refractivity contribution in [1.82, 2.24) is 0 Å². The average molecular weight is 317 g/mol. The third-order valence-electron chi connectivity index (χ3n) is 8.04. The number of allylic oxidation sites excluding steroid dienone is 2. The Kier molecular flexibility index (Phi) is 4.78. The topological polar surface area (TPSA) is 17.1 Å². The summed E-state index contributed by atoms with van der Waals surface area (Å²) in [7, 11) is 0. The lowest BCUT2D eigenvalue weighted by Crippen LogP contribution is -2.50. The monoisotopic (exact) mass is 316 g/mol. The smallest absolute Gasteiger partial charge is 0.133 e. The molecule has 4 rings (SSSR count). The summed E-state index contributed by atoms with van der Waals surface area (Å²) in [6.07, 6.45) is 16.0. The van der Waals surface area contributed by atoms with Gasteiger partial charge in [-0.1, -0.05) is 39.8 Å². The van der Waals surface area contributed by atoms with E-state index in [1.54, 1.807) is 0 Å². The van der Waals surface area contributed by atoms with Gasteiger partial charge in [-0.05, 0) is 79.4 Å².